The Hall–Kier alpha value is -3.97. The van der Waals surface area contributed by atoms with Crippen molar-refractivity contribution in [3.8, 4) is 12.3 Å². The van der Waals surface area contributed by atoms with Crippen molar-refractivity contribution in [1.29, 1.82) is 0 Å². The van der Waals surface area contributed by atoms with Crippen molar-refractivity contribution in [2.75, 3.05) is 18.5 Å². The van der Waals surface area contributed by atoms with Gasteiger partial charge in [0.05, 0.1) is 6.61 Å². The number of rotatable bonds is 8. The molecule has 3 atom stereocenters. The zero-order valence-electron chi connectivity index (χ0n) is 24.8. The van der Waals surface area contributed by atoms with Crippen LogP contribution in [-0.4, -0.2) is 55.8 Å². The molecule has 2 aromatic heterocycles. The van der Waals surface area contributed by atoms with Crippen molar-refractivity contribution in [3.05, 3.63) is 47.5 Å². The highest BCUT2D eigenvalue weighted by molar-refractivity contribution is 6.01. The SMILES string of the molecule is C#CC1CCC(Cn2c(C3CCOCC3c3ccccc3)nc3nc(/C(N)=N/C(=O)O)nc(N[C@H](C)C4CCC4)c32)CC1. The first kappa shape index (κ1) is 29.1. The minimum Gasteiger partial charge on any atom is -0.463 e. The lowest BCUT2D eigenvalue weighted by Gasteiger charge is -2.34. The summed E-state index contributed by atoms with van der Waals surface area (Å²) in [5, 5.41) is 12.9. The van der Waals surface area contributed by atoms with Crippen molar-refractivity contribution in [1.82, 2.24) is 19.5 Å². The number of hydrogen-bond acceptors (Lipinski definition) is 6. The smallest absolute Gasteiger partial charge is 0.433 e. The third-order valence-electron chi connectivity index (χ3n) is 9.74. The van der Waals surface area contributed by atoms with E-state index in [1.54, 1.807) is 0 Å². The van der Waals surface area contributed by atoms with E-state index in [0.717, 1.165) is 50.0 Å². The summed E-state index contributed by atoms with van der Waals surface area (Å²) in [6.45, 7) is 4.24. The lowest BCUT2D eigenvalue weighted by molar-refractivity contribution is 0.0647. The molecule has 10 heteroatoms. The summed E-state index contributed by atoms with van der Waals surface area (Å²) in [6.07, 6.45) is 12.9. The monoisotopic (exact) mass is 583 g/mol. The van der Waals surface area contributed by atoms with Gasteiger partial charge >= 0.3 is 6.09 Å². The molecule has 0 spiro atoms. The number of fused-ring (bicyclic) bond motifs is 1. The Kier molecular flexibility index (Phi) is 8.61. The van der Waals surface area contributed by atoms with Gasteiger partial charge in [0.2, 0.25) is 0 Å². The lowest BCUT2D eigenvalue weighted by Crippen LogP contribution is -2.32. The van der Waals surface area contributed by atoms with E-state index in [-0.39, 0.29) is 29.5 Å². The summed E-state index contributed by atoms with van der Waals surface area (Å²) in [5.41, 5.74) is 8.66. The molecule has 2 aliphatic carbocycles. The van der Waals surface area contributed by atoms with Gasteiger partial charge in [-0.3, -0.25) is 0 Å². The maximum absolute atomic E-state index is 11.4. The number of aliphatic imine (C=N–C) groups is 1. The minimum absolute atomic E-state index is 0.0653. The molecular weight excluding hydrogens is 542 g/mol. The van der Waals surface area contributed by atoms with E-state index in [9.17, 15) is 9.90 Å². The van der Waals surface area contributed by atoms with E-state index in [1.807, 2.05) is 6.07 Å². The topological polar surface area (TPSA) is 141 Å². The maximum atomic E-state index is 11.4. The number of amides is 1. The molecule has 0 radical (unpaired) electrons. The molecule has 1 aliphatic heterocycles. The maximum Gasteiger partial charge on any atom is 0.433 e. The Balaban J connectivity index is 1.49. The van der Waals surface area contributed by atoms with E-state index in [0.29, 0.717) is 42.4 Å². The number of nitrogens with one attached hydrogen (secondary N) is 1. The molecule has 4 N–H and O–H groups in total. The number of amidine groups is 1. The summed E-state index contributed by atoms with van der Waals surface area (Å²) in [4.78, 5) is 29.6. The van der Waals surface area contributed by atoms with E-state index in [1.165, 1.54) is 24.8 Å². The molecule has 6 rings (SSSR count). The molecule has 3 aromatic rings. The van der Waals surface area contributed by atoms with Crippen LogP contribution in [0.15, 0.2) is 35.3 Å². The normalized spacial score (nSPS) is 25.5. The highest BCUT2D eigenvalue weighted by atomic mass is 16.5. The summed E-state index contributed by atoms with van der Waals surface area (Å²) < 4.78 is 8.34. The van der Waals surface area contributed by atoms with Crippen LogP contribution < -0.4 is 11.1 Å². The summed E-state index contributed by atoms with van der Waals surface area (Å²) in [5.74, 6) is 5.95. The number of imidazole rings is 1. The van der Waals surface area contributed by atoms with Crippen molar-refractivity contribution < 1.29 is 14.6 Å². The molecule has 226 valence electrons. The fourth-order valence-corrected chi connectivity index (χ4v) is 7.01. The number of ether oxygens (including phenoxy) is 1. The van der Waals surface area contributed by atoms with Gasteiger partial charge in [0.15, 0.2) is 23.1 Å². The van der Waals surface area contributed by atoms with Crippen LogP contribution >= 0.6 is 0 Å². The number of nitrogens with zero attached hydrogens (tertiary/aromatic N) is 5. The Bertz CT molecular complexity index is 1520. The Morgan fingerprint density at radius 1 is 1.14 bits per heavy atom. The molecule has 1 aromatic carbocycles. The van der Waals surface area contributed by atoms with Gasteiger partial charge in [0, 0.05) is 36.9 Å². The average Bonchev–Trinajstić information content (AvgIpc) is 3.35. The standard InChI is InChI=1S/C33H41N7O3/c1-3-21-12-14-22(15-13-21)18-40-27-29(35-20(2)23-10-7-11-23)37-31(28(34)36-33(41)42)38-30(27)39-32(40)25-16-17-43-19-26(25)24-8-5-4-6-9-24/h1,4-6,8-9,20-23,25-26H,7,10-19H2,2H3,(H2,34,36)(H,41,42)(H,35,37,38)/t20-,21?,22?,25?,26?/m1/s1. The van der Waals surface area contributed by atoms with Gasteiger partial charge in [0.25, 0.3) is 0 Å². The number of carbonyl (C=O) groups is 1. The molecule has 1 saturated heterocycles. The van der Waals surface area contributed by atoms with Gasteiger partial charge in [-0.2, -0.15) is 4.99 Å². The van der Waals surface area contributed by atoms with Crippen molar-refractivity contribution in [3.63, 3.8) is 0 Å². The van der Waals surface area contributed by atoms with Gasteiger partial charge in [-0.05, 0) is 69.3 Å². The molecule has 10 nitrogen and oxygen atoms in total. The van der Waals surface area contributed by atoms with E-state index in [2.05, 4.69) is 52.0 Å². The predicted molar refractivity (Wildman–Crippen MR) is 166 cm³/mol. The summed E-state index contributed by atoms with van der Waals surface area (Å²) in [6, 6.07) is 10.7. The predicted octanol–water partition coefficient (Wildman–Crippen LogP) is 5.54. The van der Waals surface area contributed by atoms with Crippen LogP contribution in [0.3, 0.4) is 0 Å². The van der Waals surface area contributed by atoms with Crippen LogP contribution in [0.1, 0.15) is 87.3 Å². The quantitative estimate of drug-likeness (QED) is 0.178. The second-order valence-corrected chi connectivity index (χ2v) is 12.4. The highest BCUT2D eigenvalue weighted by Crippen LogP contribution is 2.42. The fourth-order valence-electron chi connectivity index (χ4n) is 7.01. The van der Waals surface area contributed by atoms with Crippen molar-refractivity contribution in [2.45, 2.75) is 82.7 Å². The number of terminal acetylenes is 1. The second-order valence-electron chi connectivity index (χ2n) is 12.4. The molecule has 2 unspecified atom stereocenters. The van der Waals surface area contributed by atoms with Crippen LogP contribution in [0.25, 0.3) is 11.2 Å². The Morgan fingerprint density at radius 2 is 1.91 bits per heavy atom. The molecule has 2 saturated carbocycles. The third kappa shape index (κ3) is 6.23. The van der Waals surface area contributed by atoms with Crippen LogP contribution in [-0.2, 0) is 11.3 Å². The van der Waals surface area contributed by atoms with Gasteiger partial charge in [0.1, 0.15) is 11.3 Å². The number of nitrogens with two attached hydrogens (primary N) is 1. The van der Waals surface area contributed by atoms with Crippen LogP contribution in [0.2, 0.25) is 0 Å². The summed E-state index contributed by atoms with van der Waals surface area (Å²) >= 11 is 0. The number of benzene rings is 1. The van der Waals surface area contributed by atoms with Crippen LogP contribution in [0.4, 0.5) is 10.6 Å². The zero-order valence-corrected chi connectivity index (χ0v) is 24.8. The Labute approximate surface area is 252 Å². The molecule has 3 fully saturated rings. The first-order valence-electron chi connectivity index (χ1n) is 15.6. The first-order valence-corrected chi connectivity index (χ1v) is 15.6. The van der Waals surface area contributed by atoms with Crippen molar-refractivity contribution >= 4 is 28.9 Å². The van der Waals surface area contributed by atoms with Gasteiger partial charge in [-0.15, -0.1) is 12.3 Å². The lowest BCUT2D eigenvalue weighted by atomic mass is 9.80. The van der Waals surface area contributed by atoms with E-state index >= 15 is 0 Å². The fraction of sp³-hybridized carbons (Fsp3) is 0.545. The van der Waals surface area contributed by atoms with Crippen LogP contribution in [0, 0.1) is 30.1 Å². The number of hydrogen-bond donors (Lipinski definition) is 3. The van der Waals surface area contributed by atoms with Gasteiger partial charge in [-0.25, -0.2) is 19.7 Å². The van der Waals surface area contributed by atoms with E-state index < -0.39 is 6.09 Å². The molecule has 1 amide bonds. The Morgan fingerprint density at radius 3 is 2.58 bits per heavy atom. The average molecular weight is 584 g/mol. The second kappa shape index (κ2) is 12.7. The third-order valence-corrected chi connectivity index (χ3v) is 9.74. The molecule has 43 heavy (non-hydrogen) atoms. The molecular formula is C33H41N7O3. The molecule has 3 aliphatic rings. The van der Waals surface area contributed by atoms with Gasteiger partial charge in [-0.1, -0.05) is 36.8 Å². The highest BCUT2D eigenvalue weighted by Gasteiger charge is 2.35. The summed E-state index contributed by atoms with van der Waals surface area (Å²) in [7, 11) is 0. The molecule has 0 bridgehead atoms. The first-order chi connectivity index (χ1) is 20.9. The van der Waals surface area contributed by atoms with Gasteiger partial charge < -0.3 is 25.5 Å². The van der Waals surface area contributed by atoms with Crippen molar-refractivity contribution in [2.24, 2.45) is 28.5 Å². The number of carboxylic acid groups (broad SMARTS) is 1. The largest absolute Gasteiger partial charge is 0.463 e. The number of anilines is 1. The van der Waals surface area contributed by atoms with E-state index in [4.69, 9.17) is 31.8 Å². The minimum atomic E-state index is -1.39. The number of aromatic nitrogens is 4. The van der Waals surface area contributed by atoms with Crippen LogP contribution in [0.5, 0.6) is 0 Å². The molecule has 3 heterocycles. The zero-order chi connectivity index (χ0) is 29.9.